The highest BCUT2D eigenvalue weighted by Crippen LogP contribution is 2.36. The fourth-order valence-electron chi connectivity index (χ4n) is 2.82. The van der Waals surface area contributed by atoms with Crippen molar-refractivity contribution in [3.63, 3.8) is 0 Å². The Balaban J connectivity index is 1.88. The first-order chi connectivity index (χ1) is 9.13. The molecule has 1 unspecified atom stereocenters. The maximum absolute atomic E-state index is 3.71. The summed E-state index contributed by atoms with van der Waals surface area (Å²) in [4.78, 5) is 0. The van der Waals surface area contributed by atoms with E-state index in [0.717, 1.165) is 6.42 Å². The third-order valence-electron chi connectivity index (χ3n) is 3.91. The first-order valence-corrected chi connectivity index (χ1v) is 7.55. The summed E-state index contributed by atoms with van der Waals surface area (Å²) in [6.07, 6.45) is 2.34. The van der Waals surface area contributed by atoms with Gasteiger partial charge in [-0.3, -0.25) is 0 Å². The summed E-state index contributed by atoms with van der Waals surface area (Å²) >= 11 is 3.55. The average Bonchev–Trinajstić information content (AvgIpc) is 2.76. The molecule has 98 valence electrons. The highest BCUT2D eigenvalue weighted by atomic mass is 79.9. The van der Waals surface area contributed by atoms with Crippen LogP contribution in [0, 0.1) is 13.8 Å². The predicted octanol–water partition coefficient (Wildman–Crippen LogP) is 5.17. The predicted molar refractivity (Wildman–Crippen MR) is 84.7 cm³/mol. The van der Waals surface area contributed by atoms with E-state index in [1.54, 1.807) is 0 Å². The number of nitrogens with one attached hydrogen (secondary N) is 1. The van der Waals surface area contributed by atoms with Gasteiger partial charge < -0.3 is 5.32 Å². The second-order valence-corrected chi connectivity index (χ2v) is 6.31. The van der Waals surface area contributed by atoms with E-state index in [9.17, 15) is 0 Å². The van der Waals surface area contributed by atoms with Crippen LogP contribution in [-0.4, -0.2) is 0 Å². The van der Waals surface area contributed by atoms with Crippen LogP contribution in [-0.2, 0) is 6.42 Å². The molecule has 19 heavy (non-hydrogen) atoms. The molecule has 2 heteroatoms. The third-order valence-corrected chi connectivity index (χ3v) is 4.40. The number of anilines is 1. The van der Waals surface area contributed by atoms with Gasteiger partial charge in [0.1, 0.15) is 0 Å². The van der Waals surface area contributed by atoms with Gasteiger partial charge in [0.05, 0.1) is 6.04 Å². The molecule has 1 N–H and O–H groups in total. The number of hydrogen-bond donors (Lipinski definition) is 1. The van der Waals surface area contributed by atoms with Crippen LogP contribution in [0.3, 0.4) is 0 Å². The summed E-state index contributed by atoms with van der Waals surface area (Å²) < 4.78 is 1.18. The molecule has 1 aliphatic rings. The average molecular weight is 316 g/mol. The molecule has 0 fully saturated rings. The Hall–Kier alpha value is -1.28. The van der Waals surface area contributed by atoms with Gasteiger partial charge in [-0.1, -0.05) is 34.1 Å². The molecule has 0 spiro atoms. The lowest BCUT2D eigenvalue weighted by Crippen LogP contribution is -2.08. The molecule has 0 saturated heterocycles. The van der Waals surface area contributed by atoms with Gasteiger partial charge in [-0.2, -0.15) is 0 Å². The molecule has 1 atom stereocenters. The lowest BCUT2D eigenvalue weighted by atomic mass is 10.1. The van der Waals surface area contributed by atoms with E-state index < -0.39 is 0 Å². The zero-order valence-corrected chi connectivity index (χ0v) is 12.9. The van der Waals surface area contributed by atoms with Crippen molar-refractivity contribution in [1.82, 2.24) is 0 Å². The van der Waals surface area contributed by atoms with Gasteiger partial charge in [-0.15, -0.1) is 0 Å². The second-order valence-electron chi connectivity index (χ2n) is 5.40. The molecule has 0 amide bonds. The fraction of sp³-hybridized carbons (Fsp3) is 0.294. The van der Waals surface area contributed by atoms with E-state index in [1.807, 2.05) is 0 Å². The summed E-state index contributed by atoms with van der Waals surface area (Å²) in [6, 6.07) is 13.7. The number of hydrogen-bond acceptors (Lipinski definition) is 1. The first kappa shape index (κ1) is 12.7. The normalized spacial score (nSPS) is 17.3. The van der Waals surface area contributed by atoms with Crippen LogP contribution in [0.2, 0.25) is 0 Å². The molecule has 1 nitrogen and oxygen atoms in total. The smallest absolute Gasteiger partial charge is 0.0519 e. The molecule has 0 saturated carbocycles. The van der Waals surface area contributed by atoms with Gasteiger partial charge in [0.25, 0.3) is 0 Å². The summed E-state index contributed by atoms with van der Waals surface area (Å²) in [5.74, 6) is 0. The van der Waals surface area contributed by atoms with Crippen molar-refractivity contribution in [3.8, 4) is 0 Å². The summed E-state index contributed by atoms with van der Waals surface area (Å²) in [5, 5.41) is 3.71. The van der Waals surface area contributed by atoms with E-state index in [-0.39, 0.29) is 0 Å². The monoisotopic (exact) mass is 315 g/mol. The molecule has 2 aromatic rings. The highest BCUT2D eigenvalue weighted by Gasteiger charge is 2.22. The van der Waals surface area contributed by atoms with Crippen LogP contribution in [0.4, 0.5) is 5.69 Å². The molecular formula is C17H18BrN. The van der Waals surface area contributed by atoms with Crippen LogP contribution >= 0.6 is 15.9 Å². The maximum Gasteiger partial charge on any atom is 0.0519 e. The van der Waals surface area contributed by atoms with Crippen LogP contribution < -0.4 is 5.32 Å². The Morgan fingerprint density at radius 1 is 1.11 bits per heavy atom. The van der Waals surface area contributed by atoms with Gasteiger partial charge in [0, 0.05) is 10.2 Å². The van der Waals surface area contributed by atoms with Crippen molar-refractivity contribution in [3.05, 3.63) is 63.1 Å². The summed E-state index contributed by atoms with van der Waals surface area (Å²) in [7, 11) is 0. The van der Waals surface area contributed by atoms with Crippen molar-refractivity contribution in [2.75, 3.05) is 5.32 Å². The molecule has 0 heterocycles. The van der Waals surface area contributed by atoms with Gasteiger partial charge in [-0.25, -0.2) is 0 Å². The van der Waals surface area contributed by atoms with Crippen molar-refractivity contribution in [2.24, 2.45) is 0 Å². The topological polar surface area (TPSA) is 12.0 Å². The van der Waals surface area contributed by atoms with Crippen molar-refractivity contribution in [2.45, 2.75) is 32.7 Å². The van der Waals surface area contributed by atoms with Crippen LogP contribution in [0.5, 0.6) is 0 Å². The lowest BCUT2D eigenvalue weighted by molar-refractivity contribution is 0.761. The van der Waals surface area contributed by atoms with Gasteiger partial charge in [-0.05, 0) is 67.1 Å². The van der Waals surface area contributed by atoms with Crippen LogP contribution in [0.1, 0.15) is 34.7 Å². The number of fused-ring (bicyclic) bond motifs is 1. The third kappa shape index (κ3) is 2.55. The number of benzene rings is 2. The van der Waals surface area contributed by atoms with Gasteiger partial charge in [0.15, 0.2) is 0 Å². The Kier molecular flexibility index (Phi) is 3.36. The number of rotatable bonds is 2. The van der Waals surface area contributed by atoms with E-state index in [2.05, 4.69) is 71.5 Å². The molecule has 2 aromatic carbocycles. The number of halogens is 1. The Morgan fingerprint density at radius 3 is 2.79 bits per heavy atom. The minimum atomic E-state index is 0.448. The molecule has 0 aliphatic heterocycles. The van der Waals surface area contributed by atoms with Gasteiger partial charge >= 0.3 is 0 Å². The minimum Gasteiger partial charge on any atom is -0.378 e. The SMILES string of the molecule is Cc1ccc(C)c(NC2CCc3cc(Br)ccc32)c1. The number of aryl methyl sites for hydroxylation is 3. The molecule has 1 aliphatic carbocycles. The Morgan fingerprint density at radius 2 is 1.95 bits per heavy atom. The largest absolute Gasteiger partial charge is 0.378 e. The molecular weight excluding hydrogens is 298 g/mol. The van der Waals surface area contributed by atoms with Crippen molar-refractivity contribution >= 4 is 21.6 Å². The van der Waals surface area contributed by atoms with Crippen LogP contribution in [0.15, 0.2) is 40.9 Å². The minimum absolute atomic E-state index is 0.448. The van der Waals surface area contributed by atoms with E-state index >= 15 is 0 Å². The Bertz CT molecular complexity index is 619. The summed E-state index contributed by atoms with van der Waals surface area (Å²) in [6.45, 7) is 4.31. The van der Waals surface area contributed by atoms with E-state index in [4.69, 9.17) is 0 Å². The van der Waals surface area contributed by atoms with Gasteiger partial charge in [0.2, 0.25) is 0 Å². The fourth-order valence-corrected chi connectivity index (χ4v) is 3.22. The van der Waals surface area contributed by atoms with Crippen molar-refractivity contribution < 1.29 is 0 Å². The second kappa shape index (κ2) is 5.01. The molecule has 0 radical (unpaired) electrons. The van der Waals surface area contributed by atoms with Crippen molar-refractivity contribution in [1.29, 1.82) is 0 Å². The maximum atomic E-state index is 3.71. The van der Waals surface area contributed by atoms with E-state index in [0.29, 0.717) is 6.04 Å². The highest BCUT2D eigenvalue weighted by molar-refractivity contribution is 9.10. The first-order valence-electron chi connectivity index (χ1n) is 6.75. The standard InChI is InChI=1S/C17H18BrN/c1-11-3-4-12(2)17(9-11)19-16-8-5-13-10-14(18)6-7-15(13)16/h3-4,6-7,9-10,16,19H,5,8H2,1-2H3. The molecule has 3 rings (SSSR count). The van der Waals surface area contributed by atoms with Crippen LogP contribution in [0.25, 0.3) is 0 Å². The summed E-state index contributed by atoms with van der Waals surface area (Å²) in [5.41, 5.74) is 6.81. The quantitative estimate of drug-likeness (QED) is 0.806. The lowest BCUT2D eigenvalue weighted by Gasteiger charge is -2.18. The Labute approximate surface area is 123 Å². The van der Waals surface area contributed by atoms with E-state index in [1.165, 1.54) is 38.8 Å². The molecule has 0 aromatic heterocycles. The molecule has 0 bridgehead atoms. The zero-order chi connectivity index (χ0) is 13.4. The zero-order valence-electron chi connectivity index (χ0n) is 11.3.